The van der Waals surface area contributed by atoms with Crippen molar-refractivity contribution in [2.45, 2.75) is 44.4 Å². The zero-order valence-electron chi connectivity index (χ0n) is 28.2. The number of aromatic nitrogens is 2. The Hall–Kier alpha value is -5.60. The average Bonchev–Trinajstić information content (AvgIpc) is 3.19. The molecule has 7 rings (SSSR count). The number of hydrogen-bond donors (Lipinski definition) is 0. The highest BCUT2D eigenvalue weighted by atomic mass is 14.9. The van der Waals surface area contributed by atoms with Gasteiger partial charge in [-0.1, -0.05) is 178 Å². The fourth-order valence-electron chi connectivity index (χ4n) is 7.34. The third-order valence-corrected chi connectivity index (χ3v) is 9.88. The van der Waals surface area contributed by atoms with Gasteiger partial charge in [0.1, 0.15) is 0 Å². The minimum atomic E-state index is -0.000976. The Balaban J connectivity index is 1.23. The van der Waals surface area contributed by atoms with E-state index >= 15 is 0 Å². The van der Waals surface area contributed by atoms with Crippen molar-refractivity contribution < 1.29 is 0 Å². The molecule has 1 heterocycles. The summed E-state index contributed by atoms with van der Waals surface area (Å²) in [5.41, 5.74) is 12.6. The van der Waals surface area contributed by atoms with Crippen molar-refractivity contribution in [3.8, 4) is 44.9 Å². The maximum Gasteiger partial charge on any atom is 0.160 e. The van der Waals surface area contributed by atoms with Crippen molar-refractivity contribution >= 4 is 5.57 Å². The third kappa shape index (κ3) is 6.87. The van der Waals surface area contributed by atoms with Gasteiger partial charge in [0.15, 0.2) is 5.82 Å². The van der Waals surface area contributed by atoms with Crippen molar-refractivity contribution in [3.05, 3.63) is 187 Å². The van der Waals surface area contributed by atoms with Gasteiger partial charge in [0.05, 0.1) is 11.4 Å². The minimum absolute atomic E-state index is 0.000976. The van der Waals surface area contributed by atoms with Crippen molar-refractivity contribution in [1.82, 2.24) is 9.97 Å². The summed E-state index contributed by atoms with van der Waals surface area (Å²) in [7, 11) is 0. The summed E-state index contributed by atoms with van der Waals surface area (Å²) < 4.78 is 0. The first-order chi connectivity index (χ1) is 24.2. The predicted molar refractivity (Wildman–Crippen MR) is 207 cm³/mol. The topological polar surface area (TPSA) is 25.8 Å². The molecule has 0 bridgehead atoms. The summed E-state index contributed by atoms with van der Waals surface area (Å²) in [5, 5.41) is 0. The van der Waals surface area contributed by atoms with Gasteiger partial charge in [-0.25, -0.2) is 9.97 Å². The molecule has 1 aliphatic carbocycles. The van der Waals surface area contributed by atoms with Gasteiger partial charge in [-0.2, -0.15) is 0 Å². The molecule has 1 aliphatic rings. The van der Waals surface area contributed by atoms with E-state index in [1.807, 2.05) is 43.4 Å². The molecule has 0 atom stereocenters. The van der Waals surface area contributed by atoms with Gasteiger partial charge in [0.25, 0.3) is 0 Å². The van der Waals surface area contributed by atoms with Gasteiger partial charge in [0, 0.05) is 16.5 Å². The average molecular weight is 635 g/mol. The number of benzene rings is 5. The molecule has 0 spiro atoms. The number of nitrogens with zero attached hydrogens (tertiary/aromatic N) is 2. The predicted octanol–water partition coefficient (Wildman–Crippen LogP) is 12.5. The Bertz CT molecular complexity index is 2080. The maximum absolute atomic E-state index is 5.07. The lowest BCUT2D eigenvalue weighted by Crippen LogP contribution is -2.30. The molecule has 0 N–H and O–H groups in total. The van der Waals surface area contributed by atoms with Gasteiger partial charge >= 0.3 is 0 Å². The monoisotopic (exact) mass is 634 g/mol. The van der Waals surface area contributed by atoms with Gasteiger partial charge < -0.3 is 0 Å². The maximum atomic E-state index is 5.07. The van der Waals surface area contributed by atoms with E-state index in [1.54, 1.807) is 0 Å². The quantitative estimate of drug-likeness (QED) is 0.148. The Kier molecular flexibility index (Phi) is 9.57. The molecule has 0 radical (unpaired) electrons. The van der Waals surface area contributed by atoms with Crippen LogP contribution in [0.25, 0.3) is 50.5 Å². The molecule has 0 amide bonds. The van der Waals surface area contributed by atoms with Gasteiger partial charge in [0.2, 0.25) is 0 Å². The van der Waals surface area contributed by atoms with Crippen LogP contribution in [0.3, 0.4) is 0 Å². The van der Waals surface area contributed by atoms with Crippen molar-refractivity contribution in [1.29, 1.82) is 0 Å². The van der Waals surface area contributed by atoms with Crippen LogP contribution in [0.5, 0.6) is 0 Å². The highest BCUT2D eigenvalue weighted by molar-refractivity contribution is 5.77. The van der Waals surface area contributed by atoms with Crippen molar-refractivity contribution in [2.24, 2.45) is 0 Å². The summed E-state index contributed by atoms with van der Waals surface area (Å²) in [4.78, 5) is 10.0. The summed E-state index contributed by atoms with van der Waals surface area (Å²) in [5.74, 6) is 0.717. The highest BCUT2D eigenvalue weighted by Gasteiger charge is 2.35. The lowest BCUT2D eigenvalue weighted by molar-refractivity contribution is 0.346. The van der Waals surface area contributed by atoms with E-state index in [2.05, 4.69) is 134 Å². The van der Waals surface area contributed by atoms with E-state index in [-0.39, 0.29) is 5.41 Å². The number of rotatable bonds is 9. The normalized spacial score (nSPS) is 14.5. The molecule has 1 saturated carbocycles. The first-order valence-electron chi connectivity index (χ1n) is 17.4. The summed E-state index contributed by atoms with van der Waals surface area (Å²) >= 11 is 0. The largest absolute Gasteiger partial charge is 0.228 e. The summed E-state index contributed by atoms with van der Waals surface area (Å²) in [6.07, 6.45) is 14.0. The highest BCUT2D eigenvalue weighted by Crippen LogP contribution is 2.46. The Morgan fingerprint density at radius 2 is 1.12 bits per heavy atom. The Morgan fingerprint density at radius 1 is 0.571 bits per heavy atom. The first-order valence-corrected chi connectivity index (χ1v) is 17.4. The van der Waals surface area contributed by atoms with Gasteiger partial charge in [-0.3, -0.25) is 0 Å². The van der Waals surface area contributed by atoms with Crippen LogP contribution in [0.2, 0.25) is 0 Å². The third-order valence-electron chi connectivity index (χ3n) is 9.88. The smallest absolute Gasteiger partial charge is 0.160 e. The molecule has 2 nitrogen and oxygen atoms in total. The van der Waals surface area contributed by atoms with E-state index in [0.717, 1.165) is 46.8 Å². The second kappa shape index (κ2) is 14.7. The van der Waals surface area contributed by atoms with Crippen LogP contribution in [0.4, 0.5) is 0 Å². The van der Waals surface area contributed by atoms with Crippen LogP contribution < -0.4 is 0 Å². The molecule has 5 aromatic carbocycles. The molecular weight excluding hydrogens is 593 g/mol. The Morgan fingerprint density at radius 3 is 1.71 bits per heavy atom. The Labute approximate surface area is 291 Å². The molecule has 0 unspecified atom stereocenters. The van der Waals surface area contributed by atoms with E-state index in [9.17, 15) is 0 Å². The lowest BCUT2D eigenvalue weighted by atomic mass is 9.65. The zero-order chi connectivity index (χ0) is 33.5. The fraction of sp³-hybridized carbons (Fsp3) is 0.149. The standard InChI is InChI=1S/C47H42N2/c1-3-15-37(16-4-2)44-34-45(49-46(48-44)39-19-10-6-11-20-39)38-25-29-43(30-26-38)47(31-12-7-13-32-47)42-27-23-36(24-28-42)41-22-14-21-40(33-41)35-17-8-5-9-18-35/h3-6,8-11,14-30,33-34H,1,7,12-13,31-32H2,2H3/b16-4-,37-15+. The van der Waals surface area contributed by atoms with Crippen LogP contribution in [-0.4, -0.2) is 9.97 Å². The summed E-state index contributed by atoms with van der Waals surface area (Å²) in [6, 6.07) is 50.4. The van der Waals surface area contributed by atoms with Crippen LogP contribution in [0.1, 0.15) is 55.8 Å². The lowest BCUT2D eigenvalue weighted by Gasteiger charge is -2.39. The molecule has 49 heavy (non-hydrogen) atoms. The molecule has 0 aliphatic heterocycles. The second-order valence-electron chi connectivity index (χ2n) is 12.9. The SMILES string of the molecule is C=C/C=C(\C=C/C)c1cc(-c2ccc(C3(c4ccc(-c5cccc(-c6ccccc6)c5)cc4)CCCCC3)cc2)nc(-c2ccccc2)n1. The number of hydrogen-bond acceptors (Lipinski definition) is 2. The zero-order valence-corrected chi connectivity index (χ0v) is 28.2. The molecule has 0 saturated heterocycles. The molecule has 1 aromatic heterocycles. The van der Waals surface area contributed by atoms with Gasteiger partial charge in [-0.15, -0.1) is 0 Å². The van der Waals surface area contributed by atoms with E-state index < -0.39 is 0 Å². The van der Waals surface area contributed by atoms with Gasteiger partial charge in [-0.05, 0) is 70.9 Å². The van der Waals surface area contributed by atoms with E-state index in [4.69, 9.17) is 9.97 Å². The van der Waals surface area contributed by atoms with Crippen LogP contribution in [0.15, 0.2) is 170 Å². The van der Waals surface area contributed by atoms with E-state index in [1.165, 1.54) is 52.6 Å². The molecule has 2 heteroatoms. The summed E-state index contributed by atoms with van der Waals surface area (Å²) in [6.45, 7) is 5.96. The van der Waals surface area contributed by atoms with Crippen LogP contribution in [0, 0.1) is 0 Å². The number of allylic oxidation sites excluding steroid dienone is 5. The minimum Gasteiger partial charge on any atom is -0.228 e. The van der Waals surface area contributed by atoms with Crippen LogP contribution in [-0.2, 0) is 5.41 Å². The first kappa shape index (κ1) is 32.0. The second-order valence-corrected chi connectivity index (χ2v) is 12.9. The molecule has 240 valence electrons. The van der Waals surface area contributed by atoms with Crippen molar-refractivity contribution in [3.63, 3.8) is 0 Å². The molecular formula is C47H42N2. The van der Waals surface area contributed by atoms with E-state index in [0.29, 0.717) is 0 Å². The molecule has 6 aromatic rings. The van der Waals surface area contributed by atoms with Crippen LogP contribution >= 0.6 is 0 Å². The molecule has 1 fully saturated rings. The van der Waals surface area contributed by atoms with Crippen molar-refractivity contribution in [2.75, 3.05) is 0 Å². The fourth-order valence-corrected chi connectivity index (χ4v) is 7.34.